The number of halogens is 1. The molecule has 0 bridgehead atoms. The number of rotatable bonds is 3. The van der Waals surface area contributed by atoms with E-state index in [1.165, 1.54) is 0 Å². The first-order valence-electron chi connectivity index (χ1n) is 4.16. The molecule has 0 amide bonds. The van der Waals surface area contributed by atoms with Crippen LogP contribution in [-0.4, -0.2) is 42.0 Å². The lowest BCUT2D eigenvalue weighted by atomic mass is 10.2. The number of hydrogen-bond donors (Lipinski definition) is 0. The molecule has 1 aliphatic heterocycles. The highest BCUT2D eigenvalue weighted by Crippen LogP contribution is 2.22. The van der Waals surface area contributed by atoms with Gasteiger partial charge in [-0.25, -0.2) is 12.7 Å². The Kier molecular flexibility index (Phi) is 4.54. The molecule has 0 aromatic carbocycles. The molecular weight excluding hydrogens is 274 g/mol. The van der Waals surface area contributed by atoms with E-state index in [4.69, 9.17) is 0 Å². The number of alkyl halides is 1. The van der Waals surface area contributed by atoms with E-state index in [9.17, 15) is 8.42 Å². The van der Waals surface area contributed by atoms with E-state index in [2.05, 4.69) is 15.9 Å². The SMILES string of the molecule is CSC1CCCN(S(=O)(=O)CBr)C1. The molecule has 0 aromatic rings. The summed E-state index contributed by atoms with van der Waals surface area (Å²) in [6.45, 7) is 1.36. The van der Waals surface area contributed by atoms with Gasteiger partial charge in [-0.15, -0.1) is 0 Å². The molecule has 3 nitrogen and oxygen atoms in total. The highest BCUT2D eigenvalue weighted by Gasteiger charge is 2.27. The van der Waals surface area contributed by atoms with E-state index in [1.54, 1.807) is 16.1 Å². The summed E-state index contributed by atoms with van der Waals surface area (Å²) in [5.41, 5.74) is 0. The minimum atomic E-state index is -3.03. The Labute approximate surface area is 92.4 Å². The van der Waals surface area contributed by atoms with E-state index in [1.807, 2.05) is 6.26 Å². The maximum Gasteiger partial charge on any atom is 0.224 e. The van der Waals surface area contributed by atoms with Crippen LogP contribution >= 0.6 is 27.7 Å². The molecule has 0 aromatic heterocycles. The van der Waals surface area contributed by atoms with Crippen LogP contribution < -0.4 is 0 Å². The minimum Gasteiger partial charge on any atom is -0.211 e. The summed E-state index contributed by atoms with van der Waals surface area (Å²) in [7, 11) is -3.03. The standard InChI is InChI=1S/C7H14BrNO2S2/c1-12-7-3-2-4-9(5-7)13(10,11)6-8/h7H,2-6H2,1H3. The van der Waals surface area contributed by atoms with Crippen molar-refractivity contribution in [3.63, 3.8) is 0 Å². The third kappa shape index (κ3) is 3.11. The lowest BCUT2D eigenvalue weighted by Gasteiger charge is -2.30. The molecule has 13 heavy (non-hydrogen) atoms. The van der Waals surface area contributed by atoms with Crippen molar-refractivity contribution in [1.82, 2.24) is 4.31 Å². The van der Waals surface area contributed by atoms with Gasteiger partial charge in [0.25, 0.3) is 0 Å². The van der Waals surface area contributed by atoms with Gasteiger partial charge in [0.05, 0.1) is 0 Å². The van der Waals surface area contributed by atoms with Gasteiger partial charge in [0, 0.05) is 18.3 Å². The van der Waals surface area contributed by atoms with Crippen LogP contribution in [0.2, 0.25) is 0 Å². The van der Waals surface area contributed by atoms with E-state index in [-0.39, 0.29) is 4.66 Å². The molecule has 1 atom stereocenters. The van der Waals surface area contributed by atoms with Gasteiger partial charge in [0.1, 0.15) is 4.66 Å². The molecule has 0 aliphatic carbocycles. The number of thioether (sulfide) groups is 1. The lowest BCUT2D eigenvalue weighted by molar-refractivity contribution is 0.355. The quantitative estimate of drug-likeness (QED) is 0.739. The fourth-order valence-corrected chi connectivity index (χ4v) is 4.07. The Morgan fingerprint density at radius 2 is 2.31 bits per heavy atom. The first-order chi connectivity index (χ1) is 6.10. The van der Waals surface area contributed by atoms with E-state index in [0.717, 1.165) is 12.8 Å². The third-order valence-electron chi connectivity index (χ3n) is 2.21. The largest absolute Gasteiger partial charge is 0.224 e. The molecule has 0 N–H and O–H groups in total. The zero-order valence-electron chi connectivity index (χ0n) is 7.57. The van der Waals surface area contributed by atoms with Gasteiger partial charge in [-0.2, -0.15) is 11.8 Å². The summed E-state index contributed by atoms with van der Waals surface area (Å²) >= 11 is 4.77. The Morgan fingerprint density at radius 3 is 2.85 bits per heavy atom. The molecule has 1 fully saturated rings. The minimum absolute atomic E-state index is 0.0428. The van der Waals surface area contributed by atoms with Crippen molar-refractivity contribution in [1.29, 1.82) is 0 Å². The molecule has 1 saturated heterocycles. The third-order valence-corrected chi connectivity index (χ3v) is 6.39. The molecule has 1 unspecified atom stereocenters. The average Bonchev–Trinajstić information content (AvgIpc) is 2.18. The molecule has 1 heterocycles. The maximum atomic E-state index is 11.5. The van der Waals surface area contributed by atoms with Crippen molar-refractivity contribution >= 4 is 37.7 Å². The van der Waals surface area contributed by atoms with Crippen LogP contribution in [0.3, 0.4) is 0 Å². The predicted molar refractivity (Wildman–Crippen MR) is 60.8 cm³/mol. The molecule has 0 radical (unpaired) electrons. The van der Waals surface area contributed by atoms with Gasteiger partial charge >= 0.3 is 0 Å². The Balaban J connectivity index is 2.61. The van der Waals surface area contributed by atoms with Crippen LogP contribution in [0.5, 0.6) is 0 Å². The number of hydrogen-bond acceptors (Lipinski definition) is 3. The van der Waals surface area contributed by atoms with Gasteiger partial charge in [-0.05, 0) is 19.1 Å². The number of nitrogens with zero attached hydrogens (tertiary/aromatic N) is 1. The van der Waals surface area contributed by atoms with Gasteiger partial charge in [-0.1, -0.05) is 15.9 Å². The average molecular weight is 288 g/mol. The number of sulfonamides is 1. The monoisotopic (exact) mass is 287 g/mol. The van der Waals surface area contributed by atoms with Crippen molar-refractivity contribution < 1.29 is 8.42 Å². The van der Waals surface area contributed by atoms with Crippen LogP contribution in [0.25, 0.3) is 0 Å². The van der Waals surface area contributed by atoms with Gasteiger partial charge in [0.15, 0.2) is 0 Å². The molecular formula is C7H14BrNO2S2. The summed E-state index contributed by atoms with van der Waals surface area (Å²) in [6.07, 6.45) is 4.15. The maximum absolute atomic E-state index is 11.5. The van der Waals surface area contributed by atoms with Crippen molar-refractivity contribution in [3.8, 4) is 0 Å². The van der Waals surface area contributed by atoms with E-state index in [0.29, 0.717) is 18.3 Å². The summed E-state index contributed by atoms with van der Waals surface area (Å²) in [6, 6.07) is 0. The Hall–Kier alpha value is 0.740. The van der Waals surface area contributed by atoms with Crippen molar-refractivity contribution in [2.24, 2.45) is 0 Å². The second-order valence-electron chi connectivity index (χ2n) is 3.08. The summed E-state index contributed by atoms with van der Waals surface area (Å²) < 4.78 is 24.6. The molecule has 0 saturated carbocycles. The highest BCUT2D eigenvalue weighted by atomic mass is 79.9. The Bertz CT molecular complexity index is 255. The van der Waals surface area contributed by atoms with Crippen LogP contribution in [0.1, 0.15) is 12.8 Å². The smallest absolute Gasteiger partial charge is 0.211 e. The second kappa shape index (κ2) is 5.00. The lowest BCUT2D eigenvalue weighted by Crippen LogP contribution is -2.41. The summed E-state index contributed by atoms with van der Waals surface area (Å²) in [4.78, 5) is 0. The van der Waals surface area contributed by atoms with Crippen LogP contribution in [0.4, 0.5) is 0 Å². The first kappa shape index (κ1) is 11.8. The number of piperidine rings is 1. The van der Waals surface area contributed by atoms with Gasteiger partial charge in [0.2, 0.25) is 10.0 Å². The van der Waals surface area contributed by atoms with Gasteiger partial charge in [-0.3, -0.25) is 0 Å². The summed E-state index contributed by atoms with van der Waals surface area (Å²) in [5, 5.41) is 0.475. The van der Waals surface area contributed by atoms with Crippen LogP contribution in [-0.2, 0) is 10.0 Å². The van der Waals surface area contributed by atoms with Crippen molar-refractivity contribution in [2.75, 3.05) is 24.0 Å². The van der Waals surface area contributed by atoms with Crippen LogP contribution in [0.15, 0.2) is 0 Å². The topological polar surface area (TPSA) is 37.4 Å². The molecule has 0 spiro atoms. The van der Waals surface area contributed by atoms with E-state index < -0.39 is 10.0 Å². The van der Waals surface area contributed by atoms with Gasteiger partial charge < -0.3 is 0 Å². The molecule has 6 heteroatoms. The fraction of sp³-hybridized carbons (Fsp3) is 1.00. The normalized spacial score (nSPS) is 26.2. The molecule has 1 rings (SSSR count). The van der Waals surface area contributed by atoms with E-state index >= 15 is 0 Å². The zero-order valence-corrected chi connectivity index (χ0v) is 10.8. The first-order valence-corrected chi connectivity index (χ1v) is 8.18. The van der Waals surface area contributed by atoms with Crippen molar-refractivity contribution in [3.05, 3.63) is 0 Å². The van der Waals surface area contributed by atoms with Crippen molar-refractivity contribution in [2.45, 2.75) is 18.1 Å². The fourth-order valence-electron chi connectivity index (χ4n) is 1.42. The highest BCUT2D eigenvalue weighted by molar-refractivity contribution is 9.10. The second-order valence-corrected chi connectivity index (χ2v) is 7.49. The molecule has 1 aliphatic rings. The van der Waals surface area contributed by atoms with Crippen LogP contribution in [0, 0.1) is 0 Å². The molecule has 78 valence electrons. The zero-order chi connectivity index (χ0) is 9.90. The summed E-state index contributed by atoms with van der Waals surface area (Å²) in [5.74, 6) is 0. The Morgan fingerprint density at radius 1 is 1.62 bits per heavy atom. The predicted octanol–water partition coefficient (Wildman–Crippen LogP) is 1.50.